The number of aryl methyl sites for hydroxylation is 1. The van der Waals surface area contributed by atoms with E-state index in [1.807, 2.05) is 132 Å². The fourth-order valence-electron chi connectivity index (χ4n) is 17.3. The normalized spacial score (nSPS) is 20.9. The first-order chi connectivity index (χ1) is 65.4. The van der Waals surface area contributed by atoms with Gasteiger partial charge in [0.05, 0.1) is 102 Å². The first-order valence-corrected chi connectivity index (χ1v) is 44.8. The number of hydrogen-bond acceptors (Lipinski definition) is 26. The highest BCUT2D eigenvalue weighted by Crippen LogP contribution is 2.46. The molecule has 136 heavy (non-hydrogen) atoms. The molecule has 3 aliphatic heterocycles. The molecule has 33 nitrogen and oxygen atoms in total. The largest absolute Gasteiger partial charge is 0.470 e. The van der Waals surface area contributed by atoms with Crippen LogP contribution < -0.4 is 76.1 Å². The van der Waals surface area contributed by atoms with E-state index in [9.17, 15) is 38.4 Å². The SMILES string of the molecule is C=C1NCC(c2cc(N)c3cnc(NC(=O)[C@H]4C[C@@H]4C#N)cc3c2)O1.CC1=CCC(=O)N1c1cc(N)c2cnc(NC(=O)[C@@H]3C[C@H]3C#N)cc2c1.CC1CCCC(=O)N1c1cc(N)c2cnc(NC(=O)[C@H]3C[C@@H]3C#N)cc2c1.CCCC(=O)c1ccc(-c2cc(N)c3cnc(NC(=O)[C@H]4C[C@@H]4C#N)cc3c2)c(C)c1.Cc1c(N)cccc1-c1cc(N)c2cnc(NC(=O)[C@@H]3C[C@H]3C#N)cc2c1. The Morgan fingerprint density at radius 1 is 0.478 bits per heavy atom. The maximum absolute atomic E-state index is 12.4. The van der Waals surface area contributed by atoms with Crippen molar-refractivity contribution >= 4 is 176 Å². The Morgan fingerprint density at radius 3 is 1.26 bits per heavy atom. The van der Waals surface area contributed by atoms with Gasteiger partial charge in [-0.15, -0.1) is 0 Å². The van der Waals surface area contributed by atoms with E-state index >= 15 is 0 Å². The molecule has 5 aromatic heterocycles. The molecule has 2 saturated heterocycles. The third kappa shape index (κ3) is 20.3. The Bertz CT molecular complexity index is 7260. The van der Waals surface area contributed by atoms with Crippen molar-refractivity contribution in [2.75, 3.05) is 77.3 Å². The number of carbonyl (C=O) groups excluding carboxylic acids is 8. The van der Waals surface area contributed by atoms with Crippen molar-refractivity contribution in [1.82, 2.24) is 30.2 Å². The van der Waals surface area contributed by atoms with Gasteiger partial charge in [0.25, 0.3) is 0 Å². The smallest absolute Gasteiger partial charge is 0.235 e. The number of aromatic nitrogens is 5. The van der Waals surface area contributed by atoms with Crippen molar-refractivity contribution in [2.45, 2.75) is 117 Å². The minimum atomic E-state index is -0.260. The average molecular weight is 1820 g/mol. The molecule has 12 atom stereocenters. The number of carbonyl (C=O) groups is 8. The van der Waals surface area contributed by atoms with Crippen LogP contribution in [-0.4, -0.2) is 84.6 Å². The van der Waals surface area contributed by atoms with Crippen molar-refractivity contribution in [3.63, 3.8) is 0 Å². The van der Waals surface area contributed by atoms with Crippen LogP contribution in [0.2, 0.25) is 0 Å². The number of pyridine rings is 5. The molecule has 5 saturated carbocycles. The number of rotatable bonds is 18. The predicted molar refractivity (Wildman–Crippen MR) is 522 cm³/mol. The lowest BCUT2D eigenvalue weighted by molar-refractivity contribution is -0.120. The van der Waals surface area contributed by atoms with Crippen molar-refractivity contribution in [1.29, 1.82) is 26.3 Å². The van der Waals surface area contributed by atoms with Crippen LogP contribution in [0.5, 0.6) is 0 Å². The molecule has 12 aromatic rings. The van der Waals surface area contributed by atoms with Gasteiger partial charge < -0.3 is 75.9 Å². The van der Waals surface area contributed by atoms with Gasteiger partial charge in [0.1, 0.15) is 35.2 Å². The van der Waals surface area contributed by atoms with E-state index in [1.165, 1.54) is 0 Å². The summed E-state index contributed by atoms with van der Waals surface area (Å²) in [6, 6.07) is 50.1. The van der Waals surface area contributed by atoms with Gasteiger partial charge in [0.15, 0.2) is 11.7 Å². The Morgan fingerprint density at radius 2 is 0.875 bits per heavy atom. The molecule has 33 heteroatoms. The third-order valence-electron chi connectivity index (χ3n) is 25.7. The van der Waals surface area contributed by atoms with Crippen LogP contribution >= 0.6 is 0 Å². The van der Waals surface area contributed by atoms with Crippen LogP contribution in [0.1, 0.15) is 125 Å². The number of Topliss-reactive ketones (excluding diaryl/α,β-unsaturated/α-hetero) is 1. The molecular formula is C103H98N24O9. The Hall–Kier alpha value is -17.1. The molecule has 18 N–H and O–H groups in total. The summed E-state index contributed by atoms with van der Waals surface area (Å²) in [5.41, 5.74) is 50.5. The number of ketones is 1. The lowest BCUT2D eigenvalue weighted by Crippen LogP contribution is -2.42. The highest BCUT2D eigenvalue weighted by atomic mass is 16.5. The number of nitriles is 5. The third-order valence-corrected chi connectivity index (χ3v) is 25.7. The number of nitrogens with two attached hydrogens (primary N) is 6. The Kier molecular flexibility index (Phi) is 26.3. The highest BCUT2D eigenvalue weighted by Gasteiger charge is 2.47. The Labute approximate surface area is 782 Å². The second-order valence-corrected chi connectivity index (χ2v) is 35.5. The second-order valence-electron chi connectivity index (χ2n) is 35.5. The highest BCUT2D eigenvalue weighted by molar-refractivity contribution is 6.09. The number of nitrogen functional groups attached to an aromatic ring is 6. The van der Waals surface area contributed by atoms with Crippen molar-refractivity contribution in [3.05, 3.63) is 205 Å². The van der Waals surface area contributed by atoms with E-state index in [0.29, 0.717) is 127 Å². The van der Waals surface area contributed by atoms with Crippen LogP contribution in [0.4, 0.5) is 74.6 Å². The molecular weight excluding hydrogens is 1720 g/mol. The number of hydrogen-bond donors (Lipinski definition) is 12. The first-order valence-electron chi connectivity index (χ1n) is 44.8. The number of fused-ring (bicyclic) bond motifs is 5. The van der Waals surface area contributed by atoms with E-state index in [0.717, 1.165) is 135 Å². The van der Waals surface area contributed by atoms with E-state index < -0.39 is 0 Å². The molecule has 7 amide bonds. The quantitative estimate of drug-likeness (QED) is 0.0280. The summed E-state index contributed by atoms with van der Waals surface area (Å²) in [5, 5.41) is 69.5. The maximum Gasteiger partial charge on any atom is 0.235 e. The number of anilines is 13. The number of nitrogens with zero attached hydrogens (tertiary/aromatic N) is 12. The predicted octanol–water partition coefficient (Wildman–Crippen LogP) is 15.8. The zero-order valence-corrected chi connectivity index (χ0v) is 75.2. The van der Waals surface area contributed by atoms with Crippen molar-refractivity contribution in [2.24, 2.45) is 59.2 Å². The molecule has 684 valence electrons. The van der Waals surface area contributed by atoms with Gasteiger partial charge in [-0.3, -0.25) is 43.3 Å². The van der Waals surface area contributed by atoms with E-state index in [1.54, 1.807) is 77.2 Å². The summed E-state index contributed by atoms with van der Waals surface area (Å²) in [5.74, 6) is -0.0991. The molecule has 0 spiro atoms. The molecule has 2 unspecified atom stereocenters. The molecule has 8 heterocycles. The van der Waals surface area contributed by atoms with Crippen molar-refractivity contribution in [3.8, 4) is 52.6 Å². The van der Waals surface area contributed by atoms with Gasteiger partial charge in [-0.05, 0) is 255 Å². The summed E-state index contributed by atoms with van der Waals surface area (Å²) in [6.07, 6.45) is 17.1. The number of amides is 7. The molecule has 5 aliphatic carbocycles. The van der Waals surface area contributed by atoms with E-state index in [2.05, 4.69) is 93.7 Å². The zero-order valence-electron chi connectivity index (χ0n) is 75.2. The number of piperidine rings is 1. The molecule has 0 bridgehead atoms. The number of nitrogens with one attached hydrogen (secondary N) is 6. The Balaban J connectivity index is 0.000000123. The number of allylic oxidation sites excluding steroid dienone is 1. The average Bonchev–Trinajstić information content (AvgIpc) is 1.31. The van der Waals surface area contributed by atoms with E-state index in [-0.39, 0.29) is 118 Å². The van der Waals surface area contributed by atoms with Crippen LogP contribution in [0.15, 0.2) is 183 Å². The second kappa shape index (κ2) is 38.7. The standard InChI is InChI=1S/C25H24N4O2.C21H19N5O.C20H21N5O2.C19H17N5O2.C18H17N5O2/c1-3-4-23(30)15-5-6-19(14(2)7-15)16-8-17-11-24(28-13-21(17)22(27)10-16)29-25(31)20-9-18(20)12-26;1-11-15(3-2-4-18(11)23)12-5-13-8-20(25-10-17(13)19(24)7-12)26-21(27)16-6-14(16)9-22;1-11-3-2-4-19(26)25(11)14-5-12-7-18(23-10-16(12)17(22)8-14)24-20(27)15-6-13(15)9-21;1-10-2-3-18(25)24(10)13-4-11-6-17(22-9-15(11)16(21)7-13)23-19(26)14-5-12(14)8-20;1-9-21-8-16(25-9)11-2-10-5-17(22-7-14(10)15(20)4-11)23-18(24)13-3-12(13)6-19/h5-8,10-11,13,18,20H,3-4,9,27H2,1-2H3,(H,28,29,31);2-5,7-8,10,14,16H,6,23-24H2,1H3,(H,25,26,27);5,7-8,10-11,13,15H,2-4,6,22H2,1H3,(H,23,24,27);2,4,6-7,9,12,14H,3,5,21H2,1H3,(H,22,23,26);2,4-5,7,12-13,16,21H,1,3,8,20H2,(H,22,23,24)/t18-,20+;14-,16+;11?,13-,15+;12-,14+;12-,13+,16?/m10101/s1. The van der Waals surface area contributed by atoms with Gasteiger partial charge in [-0.2, -0.15) is 26.3 Å². The van der Waals surface area contributed by atoms with E-state index in [4.69, 9.17) is 65.4 Å². The fraction of sp³-hybridized carbons (Fsp3) is 0.282. The minimum Gasteiger partial charge on any atom is -0.470 e. The molecule has 0 radical (unpaired) electrons. The lowest BCUT2D eigenvalue weighted by atomic mass is 9.94. The lowest BCUT2D eigenvalue weighted by Gasteiger charge is -2.33. The monoisotopic (exact) mass is 1810 g/mol. The van der Waals surface area contributed by atoms with Crippen molar-refractivity contribution < 1.29 is 43.1 Å². The fourth-order valence-corrected chi connectivity index (χ4v) is 17.3. The summed E-state index contributed by atoms with van der Waals surface area (Å²) in [7, 11) is 0. The summed E-state index contributed by atoms with van der Waals surface area (Å²) < 4.78 is 5.63. The molecule has 7 aromatic carbocycles. The molecule has 20 rings (SSSR count). The number of ether oxygens (including phenoxy) is 1. The van der Waals surface area contributed by atoms with Gasteiger partial charge in [-0.1, -0.05) is 37.3 Å². The summed E-state index contributed by atoms with van der Waals surface area (Å²) in [6.45, 7) is 14.3. The maximum atomic E-state index is 12.4. The van der Waals surface area contributed by atoms with Gasteiger partial charge in [-0.25, -0.2) is 24.9 Å². The molecule has 7 fully saturated rings. The van der Waals surface area contributed by atoms with Crippen LogP contribution in [0.3, 0.4) is 0 Å². The van der Waals surface area contributed by atoms with Gasteiger partial charge >= 0.3 is 0 Å². The topological polar surface area (TPSA) is 564 Å². The zero-order chi connectivity index (χ0) is 96.4. The van der Waals surface area contributed by atoms with Gasteiger partial charge in [0.2, 0.25) is 41.4 Å². The van der Waals surface area contributed by atoms with Gasteiger partial charge in [0, 0.05) is 134 Å². The summed E-state index contributed by atoms with van der Waals surface area (Å²) >= 11 is 0. The summed E-state index contributed by atoms with van der Waals surface area (Å²) in [4.78, 5) is 122. The minimum absolute atomic E-state index is 0.000103. The number of benzene rings is 7. The molecule has 8 aliphatic rings. The van der Waals surface area contributed by atoms with Crippen LogP contribution in [-0.2, 0) is 38.3 Å². The first kappa shape index (κ1) is 92.2. The van der Waals surface area contributed by atoms with Crippen LogP contribution in [0.25, 0.3) is 76.1 Å². The van der Waals surface area contributed by atoms with Crippen LogP contribution in [0, 0.1) is 130 Å².